The van der Waals surface area contributed by atoms with Crippen molar-refractivity contribution in [3.63, 3.8) is 0 Å². The van der Waals surface area contributed by atoms with E-state index in [0.29, 0.717) is 28.8 Å². The van der Waals surface area contributed by atoms with Crippen LogP contribution in [0.1, 0.15) is 12.8 Å². The molecule has 0 aliphatic carbocycles. The van der Waals surface area contributed by atoms with Crippen LogP contribution in [0.25, 0.3) is 0 Å². The van der Waals surface area contributed by atoms with E-state index < -0.39 is 5.97 Å². The molecule has 126 valence electrons. The van der Waals surface area contributed by atoms with Crippen LogP contribution in [0, 0.1) is 0 Å². The molecule has 1 saturated heterocycles. The Morgan fingerprint density at radius 2 is 2.09 bits per heavy atom. The molecule has 2 rings (SSSR count). The second kappa shape index (κ2) is 7.86. The van der Waals surface area contributed by atoms with Crippen LogP contribution in [0.2, 0.25) is 10.0 Å². The van der Waals surface area contributed by atoms with Crippen molar-refractivity contribution >= 4 is 35.1 Å². The minimum atomic E-state index is -0.949. The van der Waals surface area contributed by atoms with E-state index in [2.05, 4.69) is 0 Å². The minimum absolute atomic E-state index is 0.113. The van der Waals surface area contributed by atoms with Gasteiger partial charge in [-0.1, -0.05) is 23.2 Å². The van der Waals surface area contributed by atoms with Gasteiger partial charge in [0.05, 0.1) is 22.6 Å². The van der Waals surface area contributed by atoms with E-state index in [1.165, 1.54) is 11.0 Å². The zero-order chi connectivity index (χ0) is 17.0. The molecule has 1 aliphatic rings. The molecule has 1 aliphatic heterocycles. The lowest BCUT2D eigenvalue weighted by atomic mass is 10.1. The largest absolute Gasteiger partial charge is 0.484 e. The molecular weight excluding hydrogens is 345 g/mol. The van der Waals surface area contributed by atoms with E-state index in [1.807, 2.05) is 0 Å². The van der Waals surface area contributed by atoms with Crippen LogP contribution in [0.15, 0.2) is 18.2 Å². The molecule has 1 amide bonds. The van der Waals surface area contributed by atoms with Gasteiger partial charge in [0.1, 0.15) is 5.75 Å². The number of hydrogen-bond donors (Lipinski definition) is 1. The van der Waals surface area contributed by atoms with E-state index in [-0.39, 0.29) is 31.1 Å². The van der Waals surface area contributed by atoms with Gasteiger partial charge >= 0.3 is 5.97 Å². The molecule has 6 nitrogen and oxygen atoms in total. The number of carboxylic acids is 1. The van der Waals surface area contributed by atoms with Crippen LogP contribution in [0.5, 0.6) is 5.75 Å². The van der Waals surface area contributed by atoms with Gasteiger partial charge in [-0.05, 0) is 18.6 Å². The summed E-state index contributed by atoms with van der Waals surface area (Å²) in [5.41, 5.74) is 0. The summed E-state index contributed by atoms with van der Waals surface area (Å²) in [5.74, 6) is -0.818. The summed E-state index contributed by atoms with van der Waals surface area (Å²) in [5, 5.41) is 9.69. The SMILES string of the molecule is COC1CC(CC(=O)O)N(C(=O)COc2ccc(Cl)c(Cl)c2)C1. The Morgan fingerprint density at radius 3 is 2.70 bits per heavy atom. The molecule has 0 bridgehead atoms. The zero-order valence-corrected chi connectivity index (χ0v) is 14.0. The van der Waals surface area contributed by atoms with E-state index in [0.717, 1.165) is 0 Å². The number of carbonyl (C=O) groups is 2. The lowest BCUT2D eigenvalue weighted by molar-refractivity contribution is -0.140. The number of methoxy groups -OCH3 is 1. The highest BCUT2D eigenvalue weighted by molar-refractivity contribution is 6.42. The highest BCUT2D eigenvalue weighted by Crippen LogP contribution is 2.27. The van der Waals surface area contributed by atoms with Crippen LogP contribution < -0.4 is 4.74 Å². The van der Waals surface area contributed by atoms with E-state index in [1.54, 1.807) is 19.2 Å². The molecule has 1 heterocycles. The summed E-state index contributed by atoms with van der Waals surface area (Å²) in [4.78, 5) is 24.7. The third-order valence-corrected chi connectivity index (χ3v) is 4.43. The fourth-order valence-electron chi connectivity index (χ4n) is 2.54. The molecule has 0 aromatic heterocycles. The summed E-state index contributed by atoms with van der Waals surface area (Å²) < 4.78 is 10.7. The first-order valence-electron chi connectivity index (χ1n) is 7.02. The summed E-state index contributed by atoms with van der Waals surface area (Å²) in [6.07, 6.45) is 0.230. The minimum Gasteiger partial charge on any atom is -0.484 e. The number of carboxylic acid groups (broad SMARTS) is 1. The van der Waals surface area contributed by atoms with Crippen molar-refractivity contribution < 1.29 is 24.2 Å². The molecule has 0 saturated carbocycles. The predicted octanol–water partition coefficient (Wildman–Crippen LogP) is 2.46. The molecule has 1 aromatic rings. The lowest BCUT2D eigenvalue weighted by Gasteiger charge is -2.23. The van der Waals surface area contributed by atoms with Crippen molar-refractivity contribution in [2.45, 2.75) is 25.0 Å². The normalized spacial score (nSPS) is 20.6. The van der Waals surface area contributed by atoms with Gasteiger partial charge in [0.15, 0.2) is 6.61 Å². The molecule has 1 N–H and O–H groups in total. The van der Waals surface area contributed by atoms with Gasteiger partial charge in [-0.2, -0.15) is 0 Å². The molecule has 2 unspecified atom stereocenters. The van der Waals surface area contributed by atoms with E-state index >= 15 is 0 Å². The van der Waals surface area contributed by atoms with Gasteiger partial charge in [0.25, 0.3) is 5.91 Å². The molecule has 8 heteroatoms. The van der Waals surface area contributed by atoms with Crippen molar-refractivity contribution in [1.29, 1.82) is 0 Å². The Balaban J connectivity index is 1.97. The zero-order valence-electron chi connectivity index (χ0n) is 12.5. The predicted molar refractivity (Wildman–Crippen MR) is 85.1 cm³/mol. The van der Waals surface area contributed by atoms with Gasteiger partial charge in [0, 0.05) is 25.8 Å². The number of ether oxygens (including phenoxy) is 2. The maximum atomic E-state index is 12.3. The topological polar surface area (TPSA) is 76.1 Å². The number of amides is 1. The second-order valence-electron chi connectivity index (χ2n) is 5.26. The van der Waals surface area contributed by atoms with Crippen LogP contribution in [0.4, 0.5) is 0 Å². The maximum absolute atomic E-state index is 12.3. The first kappa shape index (κ1) is 17.8. The number of halogens is 2. The van der Waals surface area contributed by atoms with E-state index in [9.17, 15) is 9.59 Å². The first-order chi connectivity index (χ1) is 10.9. The highest BCUT2D eigenvalue weighted by atomic mass is 35.5. The monoisotopic (exact) mass is 361 g/mol. The average molecular weight is 362 g/mol. The Morgan fingerprint density at radius 1 is 1.35 bits per heavy atom. The summed E-state index contributed by atoms with van der Waals surface area (Å²) >= 11 is 11.7. The fraction of sp³-hybridized carbons (Fsp3) is 0.467. The smallest absolute Gasteiger partial charge is 0.305 e. The number of carbonyl (C=O) groups excluding carboxylic acids is 1. The van der Waals surface area contributed by atoms with Crippen molar-refractivity contribution in [1.82, 2.24) is 4.90 Å². The Labute approximate surface area is 143 Å². The van der Waals surface area contributed by atoms with Crippen LogP contribution in [-0.4, -0.2) is 54.3 Å². The fourth-order valence-corrected chi connectivity index (χ4v) is 2.83. The number of nitrogens with zero attached hydrogens (tertiary/aromatic N) is 1. The summed E-state index contributed by atoms with van der Waals surface area (Å²) in [7, 11) is 1.54. The maximum Gasteiger partial charge on any atom is 0.305 e. The molecule has 0 radical (unpaired) electrons. The van der Waals surface area contributed by atoms with Crippen LogP contribution in [0.3, 0.4) is 0 Å². The Kier molecular flexibility index (Phi) is 6.10. The summed E-state index contributed by atoms with van der Waals surface area (Å²) in [6, 6.07) is 4.32. The Hall–Kier alpha value is -1.50. The number of hydrogen-bond acceptors (Lipinski definition) is 4. The molecule has 0 spiro atoms. The van der Waals surface area contributed by atoms with Crippen molar-refractivity contribution in [3.8, 4) is 5.75 Å². The van der Waals surface area contributed by atoms with Crippen molar-refractivity contribution in [2.24, 2.45) is 0 Å². The number of likely N-dealkylation sites (tertiary alicyclic amines) is 1. The van der Waals surface area contributed by atoms with Crippen molar-refractivity contribution in [3.05, 3.63) is 28.2 Å². The quantitative estimate of drug-likeness (QED) is 0.841. The number of benzene rings is 1. The number of rotatable bonds is 6. The van der Waals surface area contributed by atoms with Crippen LogP contribution in [-0.2, 0) is 14.3 Å². The molecule has 1 aromatic carbocycles. The third kappa shape index (κ3) is 4.73. The van der Waals surface area contributed by atoms with Crippen LogP contribution >= 0.6 is 23.2 Å². The second-order valence-corrected chi connectivity index (χ2v) is 6.07. The summed E-state index contributed by atoms with van der Waals surface area (Å²) in [6.45, 7) is 0.155. The first-order valence-corrected chi connectivity index (χ1v) is 7.78. The van der Waals surface area contributed by atoms with Gasteiger partial charge < -0.3 is 19.5 Å². The third-order valence-electron chi connectivity index (χ3n) is 3.69. The Bertz CT molecular complexity index is 595. The lowest BCUT2D eigenvalue weighted by Crippen LogP contribution is -2.40. The molecule has 23 heavy (non-hydrogen) atoms. The van der Waals surface area contributed by atoms with Gasteiger partial charge in [-0.3, -0.25) is 9.59 Å². The number of aliphatic carboxylic acids is 1. The standard InChI is InChI=1S/C15H17Cl2NO5/c1-22-11-4-9(5-15(20)21)18(7-11)14(19)8-23-10-2-3-12(16)13(17)6-10/h2-3,6,9,11H,4-5,7-8H2,1H3,(H,20,21). The molecule has 1 fully saturated rings. The molecular formula is C15H17Cl2NO5. The van der Waals surface area contributed by atoms with Crippen molar-refractivity contribution in [2.75, 3.05) is 20.3 Å². The highest BCUT2D eigenvalue weighted by Gasteiger charge is 2.36. The average Bonchev–Trinajstić information content (AvgIpc) is 2.90. The van der Waals surface area contributed by atoms with Gasteiger partial charge in [-0.25, -0.2) is 0 Å². The van der Waals surface area contributed by atoms with Gasteiger partial charge in [-0.15, -0.1) is 0 Å². The van der Waals surface area contributed by atoms with Gasteiger partial charge in [0.2, 0.25) is 0 Å². The van der Waals surface area contributed by atoms with E-state index in [4.69, 9.17) is 37.8 Å². The molecule has 2 atom stereocenters.